The molecule has 2 heteroatoms. The van der Waals surface area contributed by atoms with Crippen molar-refractivity contribution in [2.45, 2.75) is 51.4 Å². The highest BCUT2D eigenvalue weighted by Gasteiger charge is 2.25. The molecular weight excluding hydrogens is 196 g/mol. The number of aromatic amines is 1. The molecule has 0 bridgehead atoms. The summed E-state index contributed by atoms with van der Waals surface area (Å²) >= 11 is 0. The maximum atomic E-state index is 3.64. The molecule has 2 nitrogen and oxygen atoms in total. The van der Waals surface area contributed by atoms with Crippen LogP contribution in [0.4, 0.5) is 0 Å². The van der Waals surface area contributed by atoms with Gasteiger partial charge in [0.25, 0.3) is 0 Å². The van der Waals surface area contributed by atoms with Crippen LogP contribution in [0, 0.1) is 6.92 Å². The molecule has 1 fully saturated rings. The lowest BCUT2D eigenvalue weighted by atomic mass is 9.84. The van der Waals surface area contributed by atoms with Crippen LogP contribution in [0.15, 0.2) is 0 Å². The van der Waals surface area contributed by atoms with E-state index in [0.29, 0.717) is 0 Å². The van der Waals surface area contributed by atoms with Crippen LogP contribution in [0.2, 0.25) is 0 Å². The van der Waals surface area contributed by atoms with Gasteiger partial charge >= 0.3 is 0 Å². The Morgan fingerprint density at radius 1 is 1.06 bits per heavy atom. The normalized spacial score (nSPS) is 22.1. The van der Waals surface area contributed by atoms with Crippen molar-refractivity contribution in [2.24, 2.45) is 0 Å². The average molecular weight is 218 g/mol. The number of nitrogens with one attached hydrogen (secondary N) is 2. The molecule has 16 heavy (non-hydrogen) atoms. The first kappa shape index (κ1) is 10.4. The number of piperidine rings is 1. The summed E-state index contributed by atoms with van der Waals surface area (Å²) in [5, 5.41) is 3.47. The third-order valence-corrected chi connectivity index (χ3v) is 4.28. The SMILES string of the molecule is Cc1[nH]c2c(c1C1CCNCC1)CCCC2. The van der Waals surface area contributed by atoms with E-state index in [1.165, 1.54) is 57.3 Å². The third kappa shape index (κ3) is 1.69. The number of aryl methyl sites for hydroxylation is 2. The smallest absolute Gasteiger partial charge is 0.0184 e. The van der Waals surface area contributed by atoms with Crippen molar-refractivity contribution >= 4 is 0 Å². The maximum absolute atomic E-state index is 3.64. The first-order valence-corrected chi connectivity index (χ1v) is 6.77. The van der Waals surface area contributed by atoms with Gasteiger partial charge < -0.3 is 10.3 Å². The van der Waals surface area contributed by atoms with E-state index in [9.17, 15) is 0 Å². The molecule has 1 aliphatic carbocycles. The molecule has 0 atom stereocenters. The highest BCUT2D eigenvalue weighted by Crippen LogP contribution is 2.35. The summed E-state index contributed by atoms with van der Waals surface area (Å²) in [6, 6.07) is 0. The minimum Gasteiger partial charge on any atom is -0.362 e. The van der Waals surface area contributed by atoms with E-state index in [1.807, 2.05) is 0 Å². The molecule has 2 N–H and O–H groups in total. The van der Waals surface area contributed by atoms with E-state index in [4.69, 9.17) is 0 Å². The van der Waals surface area contributed by atoms with Crippen molar-refractivity contribution in [1.82, 2.24) is 10.3 Å². The molecule has 0 aromatic carbocycles. The number of fused-ring (bicyclic) bond motifs is 1. The van der Waals surface area contributed by atoms with Crippen LogP contribution in [0.3, 0.4) is 0 Å². The second-order valence-electron chi connectivity index (χ2n) is 5.35. The van der Waals surface area contributed by atoms with Crippen molar-refractivity contribution in [3.8, 4) is 0 Å². The number of hydrogen-bond acceptors (Lipinski definition) is 1. The van der Waals surface area contributed by atoms with Crippen molar-refractivity contribution < 1.29 is 0 Å². The number of H-pyrrole nitrogens is 1. The fourth-order valence-electron chi connectivity index (χ4n) is 3.52. The monoisotopic (exact) mass is 218 g/mol. The average Bonchev–Trinajstić information content (AvgIpc) is 2.66. The lowest BCUT2D eigenvalue weighted by molar-refractivity contribution is 0.456. The van der Waals surface area contributed by atoms with Crippen LogP contribution in [-0.4, -0.2) is 18.1 Å². The Hall–Kier alpha value is -0.760. The zero-order valence-electron chi connectivity index (χ0n) is 10.2. The molecule has 0 amide bonds. The molecule has 1 saturated heterocycles. The van der Waals surface area contributed by atoms with Crippen LogP contribution < -0.4 is 5.32 Å². The molecule has 0 saturated carbocycles. The fraction of sp³-hybridized carbons (Fsp3) is 0.714. The molecule has 2 heterocycles. The minimum atomic E-state index is 0.819. The highest BCUT2D eigenvalue weighted by molar-refractivity contribution is 5.41. The maximum Gasteiger partial charge on any atom is 0.0184 e. The molecular formula is C14H22N2. The summed E-state index contributed by atoms with van der Waals surface area (Å²) in [6.45, 7) is 4.67. The molecule has 3 rings (SSSR count). The largest absolute Gasteiger partial charge is 0.362 e. The zero-order valence-corrected chi connectivity index (χ0v) is 10.2. The summed E-state index contributed by atoms with van der Waals surface area (Å²) < 4.78 is 0. The van der Waals surface area contributed by atoms with Crippen molar-refractivity contribution in [3.63, 3.8) is 0 Å². The molecule has 1 aromatic rings. The van der Waals surface area contributed by atoms with Crippen molar-refractivity contribution in [1.29, 1.82) is 0 Å². The van der Waals surface area contributed by atoms with Gasteiger partial charge in [-0.2, -0.15) is 0 Å². The molecule has 2 aliphatic rings. The lowest BCUT2D eigenvalue weighted by Gasteiger charge is -2.25. The Bertz CT molecular complexity index is 372. The number of hydrogen-bond donors (Lipinski definition) is 2. The standard InChI is InChI=1S/C14H22N2/c1-10-14(11-6-8-15-9-7-11)12-4-2-3-5-13(12)16-10/h11,15-16H,2-9H2,1H3. The van der Waals surface area contributed by atoms with Gasteiger partial charge in [-0.1, -0.05) is 0 Å². The molecule has 0 unspecified atom stereocenters. The highest BCUT2D eigenvalue weighted by atomic mass is 14.9. The van der Waals surface area contributed by atoms with Gasteiger partial charge in [-0.15, -0.1) is 0 Å². The van der Waals surface area contributed by atoms with E-state index < -0.39 is 0 Å². The van der Waals surface area contributed by atoms with Crippen molar-refractivity contribution in [2.75, 3.05) is 13.1 Å². The van der Waals surface area contributed by atoms with Gasteiger partial charge in [-0.25, -0.2) is 0 Å². The topological polar surface area (TPSA) is 27.8 Å². The lowest BCUT2D eigenvalue weighted by Crippen LogP contribution is -2.27. The Labute approximate surface area is 97.8 Å². The van der Waals surface area contributed by atoms with Gasteiger partial charge in [0.2, 0.25) is 0 Å². The van der Waals surface area contributed by atoms with Gasteiger partial charge in [0, 0.05) is 11.4 Å². The first-order chi connectivity index (χ1) is 7.86. The quantitative estimate of drug-likeness (QED) is 0.745. The van der Waals surface area contributed by atoms with Gasteiger partial charge in [0.05, 0.1) is 0 Å². The number of rotatable bonds is 1. The van der Waals surface area contributed by atoms with Crippen molar-refractivity contribution in [3.05, 3.63) is 22.5 Å². The second-order valence-corrected chi connectivity index (χ2v) is 5.35. The van der Waals surface area contributed by atoms with E-state index in [2.05, 4.69) is 17.2 Å². The first-order valence-electron chi connectivity index (χ1n) is 6.77. The Morgan fingerprint density at radius 2 is 1.81 bits per heavy atom. The van der Waals surface area contributed by atoms with Gasteiger partial charge in [0.1, 0.15) is 0 Å². The Balaban J connectivity index is 1.95. The summed E-state index contributed by atoms with van der Waals surface area (Å²) in [5.74, 6) is 0.819. The van der Waals surface area contributed by atoms with Crippen LogP contribution in [-0.2, 0) is 12.8 Å². The van der Waals surface area contributed by atoms with E-state index >= 15 is 0 Å². The summed E-state index contributed by atoms with van der Waals surface area (Å²) in [6.07, 6.45) is 8.01. The number of aromatic nitrogens is 1. The van der Waals surface area contributed by atoms with Gasteiger partial charge in [0.15, 0.2) is 0 Å². The second kappa shape index (κ2) is 4.25. The van der Waals surface area contributed by atoms with E-state index in [1.54, 1.807) is 16.8 Å². The zero-order chi connectivity index (χ0) is 11.0. The summed E-state index contributed by atoms with van der Waals surface area (Å²) in [5.41, 5.74) is 6.39. The van der Waals surface area contributed by atoms with Gasteiger partial charge in [-0.05, 0) is 75.6 Å². The molecule has 1 aliphatic heterocycles. The fourth-order valence-corrected chi connectivity index (χ4v) is 3.52. The predicted octanol–water partition coefficient (Wildman–Crippen LogP) is 2.67. The Kier molecular flexibility index (Phi) is 2.76. The van der Waals surface area contributed by atoms with Crippen LogP contribution >= 0.6 is 0 Å². The van der Waals surface area contributed by atoms with E-state index in [-0.39, 0.29) is 0 Å². The summed E-state index contributed by atoms with van der Waals surface area (Å²) in [7, 11) is 0. The third-order valence-electron chi connectivity index (χ3n) is 4.28. The van der Waals surface area contributed by atoms with Gasteiger partial charge in [-0.3, -0.25) is 0 Å². The Morgan fingerprint density at radius 3 is 2.62 bits per heavy atom. The molecule has 1 aromatic heterocycles. The molecule has 88 valence electrons. The minimum absolute atomic E-state index is 0.819. The van der Waals surface area contributed by atoms with E-state index in [0.717, 1.165) is 5.92 Å². The van der Waals surface area contributed by atoms with Crippen LogP contribution in [0.25, 0.3) is 0 Å². The predicted molar refractivity (Wildman–Crippen MR) is 67.0 cm³/mol. The molecule has 0 spiro atoms. The molecule has 0 radical (unpaired) electrons. The van der Waals surface area contributed by atoms with Crippen LogP contribution in [0.5, 0.6) is 0 Å². The summed E-state index contributed by atoms with van der Waals surface area (Å²) in [4.78, 5) is 3.64. The van der Waals surface area contributed by atoms with Crippen LogP contribution in [0.1, 0.15) is 54.1 Å².